The van der Waals surface area contributed by atoms with Gasteiger partial charge in [0.2, 0.25) is 17.8 Å². The molecular weight excluding hydrogens is 745 g/mol. The van der Waals surface area contributed by atoms with E-state index in [4.69, 9.17) is 28.2 Å². The van der Waals surface area contributed by atoms with Crippen LogP contribution in [0.25, 0.3) is 0 Å². The van der Waals surface area contributed by atoms with Crippen LogP contribution in [0.5, 0.6) is 0 Å². The van der Waals surface area contributed by atoms with Crippen LogP contribution >= 0.6 is 23.2 Å². The van der Waals surface area contributed by atoms with Crippen LogP contribution in [0.1, 0.15) is 56.5 Å². The first-order valence-electron chi connectivity index (χ1n) is 18.2. The van der Waals surface area contributed by atoms with E-state index < -0.39 is 24.1 Å². The predicted octanol–water partition coefficient (Wildman–Crippen LogP) is 4.33. The zero-order chi connectivity index (χ0) is 38.1. The number of piperidine rings is 1. The molecule has 9 rings (SSSR count). The summed E-state index contributed by atoms with van der Waals surface area (Å²) in [6.45, 7) is 4.63. The quantitative estimate of drug-likeness (QED) is 0.230. The number of nitrogens with one attached hydrogen (secondary N) is 2. The van der Waals surface area contributed by atoms with Crippen molar-refractivity contribution in [1.29, 1.82) is 0 Å². The lowest BCUT2D eigenvalue weighted by atomic mass is 9.94. The Balaban J connectivity index is 0.818. The van der Waals surface area contributed by atoms with Gasteiger partial charge in [0, 0.05) is 80.8 Å². The molecule has 16 heteroatoms. The highest BCUT2D eigenvalue weighted by Crippen LogP contribution is 2.40. The van der Waals surface area contributed by atoms with Gasteiger partial charge in [0.05, 0.1) is 22.4 Å². The van der Waals surface area contributed by atoms with Gasteiger partial charge in [-0.15, -0.1) is 0 Å². The molecule has 2 unspecified atom stereocenters. The molecule has 2 saturated heterocycles. The monoisotopic (exact) mass is 781 g/mol. The van der Waals surface area contributed by atoms with Gasteiger partial charge in [-0.1, -0.05) is 35.3 Å². The first-order valence-corrected chi connectivity index (χ1v) is 19.0. The number of nitrogens with zero attached hydrogens (tertiary/aromatic N) is 7. The molecule has 0 aliphatic carbocycles. The summed E-state index contributed by atoms with van der Waals surface area (Å²) in [5.41, 5.74) is 6.00. The van der Waals surface area contributed by atoms with E-state index in [0.717, 1.165) is 50.5 Å². The first kappa shape index (κ1) is 35.4. The minimum absolute atomic E-state index is 0.125. The van der Waals surface area contributed by atoms with Gasteiger partial charge < -0.3 is 20.2 Å². The average molecular weight is 783 g/mol. The van der Waals surface area contributed by atoms with Crippen molar-refractivity contribution in [2.75, 3.05) is 59.9 Å². The topological polar surface area (TPSA) is 155 Å². The number of aliphatic hydroxyl groups excluding tert-OH is 1. The number of amides is 4. The SMILES string of the molecule is CN1CN(c2c(Cl)cccc2Cl)C(=O)c2cnc(Nc3ccc4c(c3)CN(CC3CN(c5ccc6c(c5)C(O)N(C5CCC(=O)NC5=O)C6=O)C3)CC4)nc21. The van der Waals surface area contributed by atoms with Gasteiger partial charge in [-0.05, 0) is 66.4 Å². The number of carbonyl (C=O) groups is 4. The molecule has 282 valence electrons. The lowest BCUT2D eigenvalue weighted by molar-refractivity contribution is -0.139. The average Bonchev–Trinajstić information content (AvgIpc) is 3.39. The molecule has 0 radical (unpaired) electrons. The van der Waals surface area contributed by atoms with Crippen LogP contribution in [0.3, 0.4) is 0 Å². The Morgan fingerprint density at radius 3 is 2.53 bits per heavy atom. The molecule has 14 nitrogen and oxygen atoms in total. The Morgan fingerprint density at radius 1 is 0.945 bits per heavy atom. The van der Waals surface area contributed by atoms with Gasteiger partial charge >= 0.3 is 0 Å². The molecule has 5 aliphatic heterocycles. The van der Waals surface area contributed by atoms with Crippen LogP contribution in [0.15, 0.2) is 60.8 Å². The lowest BCUT2D eigenvalue weighted by Gasteiger charge is -2.44. The molecule has 2 atom stereocenters. The largest absolute Gasteiger partial charge is 0.371 e. The summed E-state index contributed by atoms with van der Waals surface area (Å²) in [7, 11) is 1.85. The number of aromatic nitrogens is 2. The molecule has 0 bridgehead atoms. The number of aliphatic hydroxyl groups is 1. The van der Waals surface area contributed by atoms with E-state index in [1.807, 2.05) is 30.1 Å². The van der Waals surface area contributed by atoms with Gasteiger partial charge in [-0.25, -0.2) is 4.98 Å². The number of fused-ring (bicyclic) bond motifs is 3. The highest BCUT2D eigenvalue weighted by molar-refractivity contribution is 6.40. The third kappa shape index (κ3) is 6.32. The molecule has 0 saturated carbocycles. The fraction of sp³-hybridized carbons (Fsp3) is 0.333. The molecule has 3 N–H and O–H groups in total. The van der Waals surface area contributed by atoms with Crippen molar-refractivity contribution in [1.82, 2.24) is 25.1 Å². The summed E-state index contributed by atoms with van der Waals surface area (Å²) in [4.78, 5) is 69.2. The summed E-state index contributed by atoms with van der Waals surface area (Å²) in [6.07, 6.45) is 1.54. The molecule has 55 heavy (non-hydrogen) atoms. The van der Waals surface area contributed by atoms with Crippen LogP contribution in [-0.2, 0) is 22.6 Å². The van der Waals surface area contributed by atoms with E-state index >= 15 is 0 Å². The summed E-state index contributed by atoms with van der Waals surface area (Å²) < 4.78 is 0. The minimum Gasteiger partial charge on any atom is -0.371 e. The highest BCUT2D eigenvalue weighted by atomic mass is 35.5. The predicted molar refractivity (Wildman–Crippen MR) is 207 cm³/mol. The smallest absolute Gasteiger partial charge is 0.265 e. The normalized spacial score (nSPS) is 21.3. The Bertz CT molecular complexity index is 2260. The lowest BCUT2D eigenvalue weighted by Crippen LogP contribution is -2.53. The van der Waals surface area contributed by atoms with Crippen LogP contribution in [-0.4, -0.2) is 94.4 Å². The summed E-state index contributed by atoms with van der Waals surface area (Å²) in [5, 5.41) is 17.5. The summed E-state index contributed by atoms with van der Waals surface area (Å²) >= 11 is 12.8. The fourth-order valence-electron chi connectivity index (χ4n) is 8.34. The fourth-order valence-corrected chi connectivity index (χ4v) is 8.94. The van der Waals surface area contributed by atoms with Gasteiger partial charge in [-0.2, -0.15) is 4.98 Å². The number of halogens is 2. The molecule has 6 heterocycles. The number of hydrogen-bond donors (Lipinski definition) is 3. The van der Waals surface area contributed by atoms with E-state index in [1.165, 1.54) is 27.1 Å². The van der Waals surface area contributed by atoms with Crippen molar-refractivity contribution in [3.05, 3.63) is 98.7 Å². The van der Waals surface area contributed by atoms with Crippen molar-refractivity contribution >= 4 is 75.7 Å². The molecule has 3 aromatic carbocycles. The van der Waals surface area contributed by atoms with Crippen molar-refractivity contribution in [3.8, 4) is 0 Å². The standard InChI is InChI=1S/C39H37Cl2N9O5/c1-46-20-49(33-29(40)3-2-4-30(33)41)36(53)28-15-42-39(45-34(28)46)43-24-6-5-22-11-12-47(19-23(22)13-24)16-21-17-48(18-21)25-7-8-26-27(14-25)38(55)50(37(26)54)31-9-10-32(51)44-35(31)52/h2-8,13-15,21,31,38,55H,9-12,16-20H2,1H3,(H,42,43,45)(H,44,51,52). The van der Waals surface area contributed by atoms with Crippen LogP contribution in [0.2, 0.25) is 10.0 Å². The van der Waals surface area contributed by atoms with Crippen molar-refractivity contribution in [2.45, 2.75) is 38.1 Å². The first-order chi connectivity index (χ1) is 26.5. The maximum Gasteiger partial charge on any atom is 0.265 e. The van der Waals surface area contributed by atoms with E-state index in [-0.39, 0.29) is 31.3 Å². The Kier molecular flexibility index (Phi) is 8.88. The van der Waals surface area contributed by atoms with Crippen molar-refractivity contribution < 1.29 is 24.3 Å². The van der Waals surface area contributed by atoms with Gasteiger partial charge in [0.1, 0.15) is 17.4 Å². The summed E-state index contributed by atoms with van der Waals surface area (Å²) in [5.74, 6) is -0.252. The maximum absolute atomic E-state index is 13.5. The number of benzene rings is 3. The Hall–Kier alpha value is -5.28. The Labute approximate surface area is 326 Å². The zero-order valence-corrected chi connectivity index (χ0v) is 31.3. The van der Waals surface area contributed by atoms with E-state index in [1.54, 1.807) is 24.3 Å². The molecule has 2 fully saturated rings. The van der Waals surface area contributed by atoms with Crippen molar-refractivity contribution in [2.24, 2.45) is 5.92 Å². The second-order valence-corrected chi connectivity index (χ2v) is 15.6. The molecule has 4 amide bonds. The summed E-state index contributed by atoms with van der Waals surface area (Å²) in [6, 6.07) is 16.0. The van der Waals surface area contributed by atoms with E-state index in [0.29, 0.717) is 50.1 Å². The van der Waals surface area contributed by atoms with Gasteiger partial charge in [-0.3, -0.25) is 39.2 Å². The molecule has 0 spiro atoms. The van der Waals surface area contributed by atoms with E-state index in [2.05, 4.69) is 37.6 Å². The minimum atomic E-state index is -1.24. The Morgan fingerprint density at radius 2 is 1.75 bits per heavy atom. The van der Waals surface area contributed by atoms with Crippen LogP contribution in [0, 0.1) is 5.92 Å². The number of anilines is 5. The maximum atomic E-state index is 13.5. The third-order valence-electron chi connectivity index (χ3n) is 11.1. The van der Waals surface area contributed by atoms with Crippen LogP contribution in [0.4, 0.5) is 28.8 Å². The second kappa shape index (κ2) is 13.8. The highest BCUT2D eigenvalue weighted by Gasteiger charge is 2.45. The number of para-hydroxylation sites is 1. The van der Waals surface area contributed by atoms with Crippen LogP contribution < -0.4 is 25.3 Å². The number of carbonyl (C=O) groups excluding carboxylic acids is 4. The van der Waals surface area contributed by atoms with Crippen molar-refractivity contribution in [3.63, 3.8) is 0 Å². The number of hydrogen-bond acceptors (Lipinski definition) is 11. The molecule has 1 aromatic heterocycles. The third-order valence-corrected chi connectivity index (χ3v) is 11.8. The number of rotatable bonds is 7. The van der Waals surface area contributed by atoms with Gasteiger partial charge in [0.25, 0.3) is 11.8 Å². The number of imide groups is 1. The second-order valence-electron chi connectivity index (χ2n) is 14.8. The van der Waals surface area contributed by atoms with E-state index in [9.17, 15) is 24.3 Å². The van der Waals surface area contributed by atoms with Gasteiger partial charge in [0.15, 0.2) is 6.23 Å². The molecular formula is C39H37Cl2N9O5. The molecule has 4 aromatic rings. The zero-order valence-electron chi connectivity index (χ0n) is 29.8. The molecule has 5 aliphatic rings.